The van der Waals surface area contributed by atoms with Gasteiger partial charge in [0.2, 0.25) is 5.75 Å². The molecule has 16 heavy (non-hydrogen) atoms. The number of carboxylic acids is 1. The number of hydrogen-bond donors (Lipinski definition) is 1. The molecular formula is C9H8FNO5. The highest BCUT2D eigenvalue weighted by molar-refractivity contribution is 5.72. The number of benzene rings is 1. The SMILES string of the molecule is CC(Oc1c(F)cccc1[N+](=O)[O-])C(=O)O. The third-order valence-electron chi connectivity index (χ3n) is 1.79. The smallest absolute Gasteiger partial charge is 0.344 e. The topological polar surface area (TPSA) is 89.7 Å². The second-order valence-corrected chi connectivity index (χ2v) is 2.94. The van der Waals surface area contributed by atoms with E-state index in [4.69, 9.17) is 5.11 Å². The zero-order valence-corrected chi connectivity index (χ0v) is 8.21. The Morgan fingerprint density at radius 1 is 1.62 bits per heavy atom. The number of aliphatic carboxylic acids is 1. The van der Waals surface area contributed by atoms with E-state index in [9.17, 15) is 19.3 Å². The molecule has 1 atom stereocenters. The Labute approximate surface area is 89.4 Å². The third-order valence-corrected chi connectivity index (χ3v) is 1.79. The van der Waals surface area contributed by atoms with Gasteiger partial charge in [0.05, 0.1) is 4.92 Å². The summed E-state index contributed by atoms with van der Waals surface area (Å²) in [5.74, 6) is -2.97. The lowest BCUT2D eigenvalue weighted by Crippen LogP contribution is -2.23. The van der Waals surface area contributed by atoms with Crippen molar-refractivity contribution in [3.05, 3.63) is 34.1 Å². The number of nitro benzene ring substituents is 1. The molecule has 0 saturated heterocycles. The van der Waals surface area contributed by atoms with Crippen LogP contribution in [-0.4, -0.2) is 22.1 Å². The normalized spacial score (nSPS) is 11.9. The fraction of sp³-hybridized carbons (Fsp3) is 0.222. The highest BCUT2D eigenvalue weighted by Gasteiger charge is 2.23. The van der Waals surface area contributed by atoms with Crippen LogP contribution in [0, 0.1) is 15.9 Å². The van der Waals surface area contributed by atoms with Crippen LogP contribution in [0.2, 0.25) is 0 Å². The predicted octanol–water partition coefficient (Wildman–Crippen LogP) is 1.59. The quantitative estimate of drug-likeness (QED) is 0.625. The van der Waals surface area contributed by atoms with Crippen molar-refractivity contribution in [2.45, 2.75) is 13.0 Å². The molecular weight excluding hydrogens is 221 g/mol. The molecule has 7 heteroatoms. The average Bonchev–Trinajstić information content (AvgIpc) is 2.20. The van der Waals surface area contributed by atoms with Crippen LogP contribution in [0.25, 0.3) is 0 Å². The van der Waals surface area contributed by atoms with Crippen molar-refractivity contribution in [3.63, 3.8) is 0 Å². The second kappa shape index (κ2) is 4.56. The van der Waals surface area contributed by atoms with Gasteiger partial charge in [-0.1, -0.05) is 6.07 Å². The lowest BCUT2D eigenvalue weighted by molar-refractivity contribution is -0.386. The van der Waals surface area contributed by atoms with Gasteiger partial charge in [-0.05, 0) is 13.0 Å². The van der Waals surface area contributed by atoms with Crippen LogP contribution in [0.15, 0.2) is 18.2 Å². The van der Waals surface area contributed by atoms with Crippen molar-refractivity contribution < 1.29 is 24.0 Å². The van der Waals surface area contributed by atoms with Gasteiger partial charge in [0.1, 0.15) is 0 Å². The molecule has 1 aromatic rings. The number of hydrogen-bond acceptors (Lipinski definition) is 4. The van der Waals surface area contributed by atoms with Gasteiger partial charge in [-0.15, -0.1) is 0 Å². The zero-order valence-electron chi connectivity index (χ0n) is 8.21. The first-order valence-corrected chi connectivity index (χ1v) is 4.26. The van der Waals surface area contributed by atoms with Gasteiger partial charge in [-0.25, -0.2) is 9.18 Å². The Morgan fingerprint density at radius 3 is 2.75 bits per heavy atom. The number of para-hydroxylation sites is 1. The fourth-order valence-electron chi connectivity index (χ4n) is 0.985. The first-order chi connectivity index (χ1) is 7.43. The van der Waals surface area contributed by atoms with Crippen LogP contribution in [-0.2, 0) is 4.79 Å². The lowest BCUT2D eigenvalue weighted by Gasteiger charge is -2.10. The summed E-state index contributed by atoms with van der Waals surface area (Å²) in [6, 6.07) is 3.13. The molecule has 0 saturated carbocycles. The van der Waals surface area contributed by atoms with Gasteiger partial charge >= 0.3 is 11.7 Å². The van der Waals surface area contributed by atoms with E-state index in [1.807, 2.05) is 0 Å². The van der Waals surface area contributed by atoms with Crippen LogP contribution < -0.4 is 4.74 Å². The second-order valence-electron chi connectivity index (χ2n) is 2.94. The molecule has 0 spiro atoms. The van der Waals surface area contributed by atoms with E-state index in [0.29, 0.717) is 0 Å². The van der Waals surface area contributed by atoms with Gasteiger partial charge in [0.15, 0.2) is 11.9 Å². The summed E-state index contributed by atoms with van der Waals surface area (Å²) in [7, 11) is 0. The number of nitrogens with zero attached hydrogens (tertiary/aromatic N) is 1. The van der Waals surface area contributed by atoms with E-state index in [1.54, 1.807) is 0 Å². The minimum absolute atomic E-state index is 0.604. The van der Waals surface area contributed by atoms with Crippen molar-refractivity contribution >= 4 is 11.7 Å². The van der Waals surface area contributed by atoms with E-state index in [2.05, 4.69) is 4.74 Å². The summed E-state index contributed by atoms with van der Waals surface area (Å²) in [6.45, 7) is 1.15. The fourth-order valence-corrected chi connectivity index (χ4v) is 0.985. The summed E-state index contributed by atoms with van der Waals surface area (Å²) >= 11 is 0. The van der Waals surface area contributed by atoms with Gasteiger partial charge < -0.3 is 9.84 Å². The minimum Gasteiger partial charge on any atom is -0.479 e. The van der Waals surface area contributed by atoms with Gasteiger partial charge in [0, 0.05) is 6.07 Å². The van der Waals surface area contributed by atoms with Crippen LogP contribution in [0.5, 0.6) is 5.75 Å². The van der Waals surface area contributed by atoms with E-state index in [-0.39, 0.29) is 0 Å². The van der Waals surface area contributed by atoms with E-state index in [0.717, 1.165) is 25.1 Å². The molecule has 0 aliphatic carbocycles. The maximum atomic E-state index is 13.2. The van der Waals surface area contributed by atoms with E-state index >= 15 is 0 Å². The van der Waals surface area contributed by atoms with Crippen molar-refractivity contribution in [1.82, 2.24) is 0 Å². The largest absolute Gasteiger partial charge is 0.479 e. The van der Waals surface area contributed by atoms with Crippen molar-refractivity contribution in [2.75, 3.05) is 0 Å². The molecule has 1 rings (SSSR count). The first-order valence-electron chi connectivity index (χ1n) is 4.26. The number of rotatable bonds is 4. The summed E-state index contributed by atoms with van der Waals surface area (Å²) < 4.78 is 17.9. The number of halogens is 1. The molecule has 1 aromatic carbocycles. The molecule has 6 nitrogen and oxygen atoms in total. The number of carboxylic acid groups (broad SMARTS) is 1. The van der Waals surface area contributed by atoms with Crippen molar-refractivity contribution in [1.29, 1.82) is 0 Å². The number of ether oxygens (including phenoxy) is 1. The Morgan fingerprint density at radius 2 is 2.25 bits per heavy atom. The number of carbonyl (C=O) groups is 1. The van der Waals surface area contributed by atoms with E-state index < -0.39 is 34.3 Å². The zero-order chi connectivity index (χ0) is 12.3. The lowest BCUT2D eigenvalue weighted by atomic mass is 10.3. The molecule has 0 aromatic heterocycles. The summed E-state index contributed by atoms with van der Waals surface area (Å²) in [6.07, 6.45) is -1.37. The van der Waals surface area contributed by atoms with Gasteiger partial charge in [-0.3, -0.25) is 10.1 Å². The highest BCUT2D eigenvalue weighted by atomic mass is 19.1. The van der Waals surface area contributed by atoms with E-state index in [1.165, 1.54) is 0 Å². The maximum absolute atomic E-state index is 13.2. The minimum atomic E-state index is -1.37. The van der Waals surface area contributed by atoms with Crippen LogP contribution in [0.3, 0.4) is 0 Å². The van der Waals surface area contributed by atoms with Crippen molar-refractivity contribution in [3.8, 4) is 5.75 Å². The molecule has 0 bridgehead atoms. The van der Waals surface area contributed by atoms with Crippen LogP contribution in [0.1, 0.15) is 6.92 Å². The molecule has 1 unspecified atom stereocenters. The molecule has 0 aliphatic rings. The Hall–Kier alpha value is -2.18. The first kappa shape index (κ1) is 11.9. The molecule has 0 amide bonds. The van der Waals surface area contributed by atoms with Crippen LogP contribution >= 0.6 is 0 Å². The predicted molar refractivity (Wildman–Crippen MR) is 50.8 cm³/mol. The molecule has 86 valence electrons. The molecule has 1 N–H and O–H groups in total. The van der Waals surface area contributed by atoms with Crippen LogP contribution in [0.4, 0.5) is 10.1 Å². The summed E-state index contributed by atoms with van der Waals surface area (Å²) in [4.78, 5) is 20.2. The standard InChI is InChI=1S/C9H8FNO5/c1-5(9(12)13)16-8-6(10)3-2-4-7(8)11(14)15/h2-5H,1H3,(H,12,13). The average molecular weight is 229 g/mol. The van der Waals surface area contributed by atoms with Gasteiger partial charge in [0.25, 0.3) is 0 Å². The Kier molecular flexibility index (Phi) is 3.39. The monoisotopic (exact) mass is 229 g/mol. The third kappa shape index (κ3) is 2.44. The molecule has 0 radical (unpaired) electrons. The molecule has 0 heterocycles. The summed E-state index contributed by atoms with van der Waals surface area (Å²) in [5, 5.41) is 19.1. The van der Waals surface area contributed by atoms with Gasteiger partial charge in [-0.2, -0.15) is 0 Å². The Balaban J connectivity index is 3.11. The number of nitro groups is 1. The van der Waals surface area contributed by atoms with Crippen molar-refractivity contribution in [2.24, 2.45) is 0 Å². The molecule has 0 aliphatic heterocycles. The Bertz CT molecular complexity index is 434. The molecule has 0 fully saturated rings. The maximum Gasteiger partial charge on any atom is 0.344 e. The highest BCUT2D eigenvalue weighted by Crippen LogP contribution is 2.30. The summed E-state index contributed by atoms with van der Waals surface area (Å²) in [5.41, 5.74) is -0.604.